The molecule has 0 amide bonds. The number of nitrogens with zero attached hydrogens (tertiary/aromatic N) is 1. The molecular weight excluding hydrogens is 290 g/mol. The fraction of sp³-hybridized carbons (Fsp3) is 0.467. The third kappa shape index (κ3) is 1.86. The summed E-state index contributed by atoms with van der Waals surface area (Å²) in [5, 5.41) is 0.812. The normalized spacial score (nSPS) is 22.5. The fourth-order valence-electron chi connectivity index (χ4n) is 3.36. The summed E-state index contributed by atoms with van der Waals surface area (Å²) in [4.78, 5) is 0.262. The minimum absolute atomic E-state index is 0.262. The van der Waals surface area contributed by atoms with E-state index < -0.39 is 10.0 Å². The molecule has 1 saturated carbocycles. The summed E-state index contributed by atoms with van der Waals surface area (Å²) < 4.78 is 38.8. The lowest BCUT2D eigenvalue weighted by Crippen LogP contribution is -2.62. The molecule has 0 N–H and O–H groups in total. The maximum Gasteiger partial charge on any atom is 0.247 e. The number of furan rings is 1. The SMILES string of the molecule is O=S(=O)(c1cccc2ccoc12)N1CCOCC12CCC2. The molecule has 6 heteroatoms. The Balaban J connectivity index is 1.84. The Morgan fingerprint density at radius 2 is 2.05 bits per heavy atom. The highest BCUT2D eigenvalue weighted by atomic mass is 32.2. The lowest BCUT2D eigenvalue weighted by atomic mass is 9.77. The van der Waals surface area contributed by atoms with Gasteiger partial charge in [-0.1, -0.05) is 12.1 Å². The molecule has 0 radical (unpaired) electrons. The van der Waals surface area contributed by atoms with E-state index in [0.29, 0.717) is 25.3 Å². The minimum atomic E-state index is -3.57. The van der Waals surface area contributed by atoms with Crippen LogP contribution in [0.5, 0.6) is 0 Å². The number of para-hydroxylation sites is 1. The number of sulfonamides is 1. The maximum atomic E-state index is 13.1. The molecule has 4 rings (SSSR count). The van der Waals surface area contributed by atoms with Gasteiger partial charge in [-0.15, -0.1) is 0 Å². The van der Waals surface area contributed by atoms with Crippen molar-refractivity contribution in [1.82, 2.24) is 4.31 Å². The van der Waals surface area contributed by atoms with Gasteiger partial charge < -0.3 is 9.15 Å². The molecule has 1 aromatic carbocycles. The van der Waals surface area contributed by atoms with Crippen LogP contribution in [0, 0.1) is 0 Å². The molecule has 1 aliphatic carbocycles. The molecule has 2 aliphatic rings. The number of hydrogen-bond donors (Lipinski definition) is 0. The minimum Gasteiger partial charge on any atom is -0.463 e. The van der Waals surface area contributed by atoms with Gasteiger partial charge in [0.15, 0.2) is 5.58 Å². The van der Waals surface area contributed by atoms with Crippen LogP contribution in [0.4, 0.5) is 0 Å². The summed E-state index contributed by atoms with van der Waals surface area (Å²) in [6.07, 6.45) is 4.34. The van der Waals surface area contributed by atoms with Crippen molar-refractivity contribution in [3.63, 3.8) is 0 Å². The van der Waals surface area contributed by atoms with E-state index in [9.17, 15) is 8.42 Å². The Morgan fingerprint density at radius 3 is 2.81 bits per heavy atom. The van der Waals surface area contributed by atoms with E-state index in [1.165, 1.54) is 6.26 Å². The van der Waals surface area contributed by atoms with Crippen molar-refractivity contribution >= 4 is 21.0 Å². The first-order valence-electron chi connectivity index (χ1n) is 7.20. The Bertz CT molecular complexity index is 776. The zero-order valence-corrected chi connectivity index (χ0v) is 12.4. The number of ether oxygens (including phenoxy) is 1. The maximum absolute atomic E-state index is 13.1. The van der Waals surface area contributed by atoms with Crippen molar-refractivity contribution in [1.29, 1.82) is 0 Å². The molecule has 2 heterocycles. The van der Waals surface area contributed by atoms with Crippen molar-refractivity contribution < 1.29 is 17.6 Å². The highest BCUT2D eigenvalue weighted by molar-refractivity contribution is 7.89. The van der Waals surface area contributed by atoms with Gasteiger partial charge in [-0.05, 0) is 31.4 Å². The third-order valence-electron chi connectivity index (χ3n) is 4.63. The van der Waals surface area contributed by atoms with Gasteiger partial charge in [0.25, 0.3) is 0 Å². The van der Waals surface area contributed by atoms with Crippen LogP contribution in [0.3, 0.4) is 0 Å². The van der Waals surface area contributed by atoms with Crippen LogP contribution in [0.25, 0.3) is 11.0 Å². The molecule has 0 atom stereocenters. The van der Waals surface area contributed by atoms with Gasteiger partial charge >= 0.3 is 0 Å². The van der Waals surface area contributed by atoms with E-state index in [1.807, 2.05) is 6.07 Å². The molecule has 21 heavy (non-hydrogen) atoms. The van der Waals surface area contributed by atoms with Gasteiger partial charge in [0.1, 0.15) is 4.90 Å². The van der Waals surface area contributed by atoms with Crippen LogP contribution in [0.15, 0.2) is 39.8 Å². The van der Waals surface area contributed by atoms with Crippen LogP contribution in [-0.2, 0) is 14.8 Å². The van der Waals surface area contributed by atoms with Crippen molar-refractivity contribution in [2.75, 3.05) is 19.8 Å². The summed E-state index contributed by atoms with van der Waals surface area (Å²) >= 11 is 0. The molecule has 0 unspecified atom stereocenters. The first kappa shape index (κ1) is 13.3. The molecule has 1 spiro atoms. The smallest absolute Gasteiger partial charge is 0.247 e. The van der Waals surface area contributed by atoms with Gasteiger partial charge in [0, 0.05) is 11.9 Å². The molecule has 2 fully saturated rings. The average Bonchev–Trinajstić information content (AvgIpc) is 2.93. The molecule has 1 aliphatic heterocycles. The number of benzene rings is 1. The van der Waals surface area contributed by atoms with Crippen LogP contribution in [0.1, 0.15) is 19.3 Å². The summed E-state index contributed by atoms with van der Waals surface area (Å²) in [7, 11) is -3.57. The highest BCUT2D eigenvalue weighted by Crippen LogP contribution is 2.43. The zero-order chi connectivity index (χ0) is 14.5. The number of fused-ring (bicyclic) bond motifs is 1. The summed E-state index contributed by atoms with van der Waals surface area (Å²) in [5.41, 5.74) is 0.102. The van der Waals surface area contributed by atoms with Crippen LogP contribution < -0.4 is 0 Å². The van der Waals surface area contributed by atoms with Gasteiger partial charge in [0.05, 0.1) is 25.0 Å². The Morgan fingerprint density at radius 1 is 1.19 bits per heavy atom. The molecule has 0 bridgehead atoms. The summed E-state index contributed by atoms with van der Waals surface area (Å²) in [6.45, 7) is 1.37. The molecule has 1 aromatic heterocycles. The lowest BCUT2D eigenvalue weighted by molar-refractivity contribution is -0.0649. The second-order valence-electron chi connectivity index (χ2n) is 5.80. The van der Waals surface area contributed by atoms with Crippen LogP contribution >= 0.6 is 0 Å². The average molecular weight is 307 g/mol. The zero-order valence-electron chi connectivity index (χ0n) is 11.6. The van der Waals surface area contributed by atoms with E-state index >= 15 is 0 Å². The fourth-order valence-corrected chi connectivity index (χ4v) is 5.31. The first-order chi connectivity index (χ1) is 10.1. The van der Waals surface area contributed by atoms with E-state index in [-0.39, 0.29) is 10.4 Å². The quantitative estimate of drug-likeness (QED) is 0.854. The standard InChI is InChI=1S/C15H17NO4S/c17-21(18,13-4-1-3-12-5-9-20-14(12)13)16-8-10-19-11-15(16)6-2-7-15/h1,3-5,9H,2,6-8,10-11H2. The Hall–Kier alpha value is -1.37. The lowest BCUT2D eigenvalue weighted by Gasteiger charge is -2.51. The van der Waals surface area contributed by atoms with Gasteiger partial charge in [0.2, 0.25) is 10.0 Å². The highest BCUT2D eigenvalue weighted by Gasteiger charge is 2.50. The summed E-state index contributed by atoms with van der Waals surface area (Å²) in [5.74, 6) is 0. The molecule has 1 saturated heterocycles. The Labute approximate surface area is 123 Å². The van der Waals surface area contributed by atoms with Crippen molar-refractivity contribution in [2.45, 2.75) is 29.7 Å². The summed E-state index contributed by atoms with van der Waals surface area (Å²) in [6, 6.07) is 7.03. The molecule has 2 aromatic rings. The molecular formula is C15H17NO4S. The Kier molecular flexibility index (Phi) is 2.89. The van der Waals surface area contributed by atoms with E-state index in [4.69, 9.17) is 9.15 Å². The van der Waals surface area contributed by atoms with Gasteiger partial charge in [-0.2, -0.15) is 4.31 Å². The van der Waals surface area contributed by atoms with Crippen molar-refractivity contribution in [3.05, 3.63) is 30.5 Å². The molecule has 112 valence electrons. The topological polar surface area (TPSA) is 59.8 Å². The largest absolute Gasteiger partial charge is 0.463 e. The molecule has 5 nitrogen and oxygen atoms in total. The second-order valence-corrected chi connectivity index (χ2v) is 7.63. The van der Waals surface area contributed by atoms with E-state index in [2.05, 4.69) is 0 Å². The predicted octanol–water partition coefficient (Wildman–Crippen LogP) is 2.38. The van der Waals surface area contributed by atoms with E-state index in [1.54, 1.807) is 22.5 Å². The predicted molar refractivity (Wildman–Crippen MR) is 77.5 cm³/mol. The van der Waals surface area contributed by atoms with Crippen molar-refractivity contribution in [2.24, 2.45) is 0 Å². The van der Waals surface area contributed by atoms with Gasteiger partial charge in [-0.3, -0.25) is 0 Å². The van der Waals surface area contributed by atoms with Crippen LogP contribution in [0.2, 0.25) is 0 Å². The third-order valence-corrected chi connectivity index (χ3v) is 6.66. The number of hydrogen-bond acceptors (Lipinski definition) is 4. The number of morpholine rings is 1. The van der Waals surface area contributed by atoms with Crippen LogP contribution in [-0.4, -0.2) is 38.0 Å². The monoisotopic (exact) mass is 307 g/mol. The van der Waals surface area contributed by atoms with Gasteiger partial charge in [-0.25, -0.2) is 8.42 Å². The van der Waals surface area contributed by atoms with E-state index in [0.717, 1.165) is 24.6 Å². The second kappa shape index (κ2) is 4.56. The number of rotatable bonds is 2. The van der Waals surface area contributed by atoms with Crippen molar-refractivity contribution in [3.8, 4) is 0 Å². The first-order valence-corrected chi connectivity index (χ1v) is 8.64.